The smallest absolute Gasteiger partial charge is 0.130 e. The van der Waals surface area contributed by atoms with E-state index in [1.54, 1.807) is 0 Å². The van der Waals surface area contributed by atoms with E-state index in [1.165, 1.54) is 109 Å². The summed E-state index contributed by atoms with van der Waals surface area (Å²) in [6.07, 6.45) is 28.6. The van der Waals surface area contributed by atoms with E-state index < -0.39 is 12.0 Å². The molecule has 0 radical (unpaired) electrons. The number of unbranched alkanes of at least 4 members (excludes halogenated alkanes) is 17. The Kier molecular flexibility index (Phi) is 15.8. The van der Waals surface area contributed by atoms with E-state index in [4.69, 9.17) is 0 Å². The van der Waals surface area contributed by atoms with Gasteiger partial charge in [-0.25, -0.2) is 0 Å². The van der Waals surface area contributed by atoms with Gasteiger partial charge in [-0.05, 0) is 40.5 Å². The molecule has 1 heterocycles. The number of rotatable bonds is 21. The number of hydrogen-bond donors (Lipinski definition) is 0. The van der Waals surface area contributed by atoms with E-state index in [-0.39, 0.29) is 11.1 Å². The minimum atomic E-state index is -0.845. The van der Waals surface area contributed by atoms with Crippen LogP contribution in [0.4, 0.5) is 0 Å². The molecule has 208 valence electrons. The largest absolute Gasteiger partial charge is 0.544 e. The fourth-order valence-electron chi connectivity index (χ4n) is 6.91. The highest BCUT2D eigenvalue weighted by molar-refractivity contribution is 5.70. The average Bonchev–Trinajstić information content (AvgIpc) is 2.78. The maximum atomic E-state index is 12.3. The summed E-state index contributed by atoms with van der Waals surface area (Å²) in [5.41, 5.74) is -0.0541. The normalized spacial score (nSPS) is 19.5. The van der Waals surface area contributed by atoms with Crippen LogP contribution in [0.2, 0.25) is 0 Å². The molecule has 0 aromatic carbocycles. The number of likely N-dealkylation sites (tertiary alicyclic amines) is 1. The van der Waals surface area contributed by atoms with E-state index in [1.807, 2.05) is 0 Å². The zero-order valence-corrected chi connectivity index (χ0v) is 24.9. The van der Waals surface area contributed by atoms with Crippen LogP contribution in [0.1, 0.15) is 176 Å². The summed E-state index contributed by atoms with van der Waals surface area (Å²) >= 11 is 0. The van der Waals surface area contributed by atoms with Gasteiger partial charge in [0.05, 0.1) is 24.1 Å². The molecule has 1 fully saturated rings. The first-order valence-electron chi connectivity index (χ1n) is 15.7. The Morgan fingerprint density at radius 3 is 1.29 bits per heavy atom. The van der Waals surface area contributed by atoms with Crippen molar-refractivity contribution in [3.8, 4) is 0 Å². The van der Waals surface area contributed by atoms with Crippen LogP contribution in [0, 0.1) is 0 Å². The Morgan fingerprint density at radius 2 is 0.971 bits per heavy atom. The number of nitrogens with zero attached hydrogens (tertiary/aromatic N) is 1. The standard InChI is InChI=1S/C32H63NO2/c1-7-8-9-10-11-12-13-14-15-16-17-18-19-20-21-22-23-24-26-29(30(34)35)33(6)31(2,3)27-25-28-32(33,4)5/h29H,7-28H2,1-6H3. The van der Waals surface area contributed by atoms with E-state index in [2.05, 4.69) is 41.7 Å². The fourth-order valence-corrected chi connectivity index (χ4v) is 6.91. The Balaban J connectivity index is 2.10. The minimum Gasteiger partial charge on any atom is -0.544 e. The molecule has 1 atom stereocenters. The third kappa shape index (κ3) is 10.7. The van der Waals surface area contributed by atoms with Crippen molar-refractivity contribution >= 4 is 5.97 Å². The lowest BCUT2D eigenvalue weighted by molar-refractivity contribution is -1.02. The summed E-state index contributed by atoms with van der Waals surface area (Å²) in [5.74, 6) is -0.845. The summed E-state index contributed by atoms with van der Waals surface area (Å²) in [6, 6.07) is -0.402. The summed E-state index contributed by atoms with van der Waals surface area (Å²) in [5, 5.41) is 12.3. The van der Waals surface area contributed by atoms with Gasteiger partial charge < -0.3 is 14.4 Å². The first-order chi connectivity index (χ1) is 16.6. The summed E-state index contributed by atoms with van der Waals surface area (Å²) in [7, 11) is 2.19. The van der Waals surface area contributed by atoms with Crippen LogP contribution in [-0.4, -0.2) is 34.6 Å². The summed E-state index contributed by atoms with van der Waals surface area (Å²) < 4.78 is 0.612. The molecule has 0 amide bonds. The highest BCUT2D eigenvalue weighted by Crippen LogP contribution is 2.47. The number of aliphatic carboxylic acids is 1. The molecule has 0 N–H and O–H groups in total. The number of carboxylic acids is 1. The van der Waals surface area contributed by atoms with Crippen molar-refractivity contribution in [3.63, 3.8) is 0 Å². The number of quaternary nitrogens is 1. The Morgan fingerprint density at radius 1 is 0.657 bits per heavy atom. The molecule has 1 saturated heterocycles. The van der Waals surface area contributed by atoms with Gasteiger partial charge in [-0.3, -0.25) is 0 Å². The zero-order valence-electron chi connectivity index (χ0n) is 24.9. The SMILES string of the molecule is CCCCCCCCCCCCCCCCCCCCC(C(=O)[O-])[N+]1(C)C(C)(C)CCCC1(C)C. The first-order valence-corrected chi connectivity index (χ1v) is 15.7. The number of piperidine rings is 1. The number of carboxylic acid groups (broad SMARTS) is 1. The van der Waals surface area contributed by atoms with Crippen LogP contribution < -0.4 is 5.11 Å². The molecule has 0 aromatic rings. The molecule has 0 aliphatic carbocycles. The topological polar surface area (TPSA) is 40.1 Å². The van der Waals surface area contributed by atoms with Crippen molar-refractivity contribution in [2.24, 2.45) is 0 Å². The van der Waals surface area contributed by atoms with Gasteiger partial charge in [0.25, 0.3) is 0 Å². The quantitative estimate of drug-likeness (QED) is 0.118. The lowest BCUT2D eigenvalue weighted by Crippen LogP contribution is -2.77. The highest BCUT2D eigenvalue weighted by Gasteiger charge is 2.57. The van der Waals surface area contributed by atoms with Gasteiger partial charge in [0.1, 0.15) is 6.04 Å². The van der Waals surface area contributed by atoms with Gasteiger partial charge in [-0.1, -0.05) is 116 Å². The van der Waals surface area contributed by atoms with Crippen LogP contribution in [0.25, 0.3) is 0 Å². The summed E-state index contributed by atoms with van der Waals surface area (Å²) in [6.45, 7) is 11.3. The van der Waals surface area contributed by atoms with Crippen molar-refractivity contribution in [1.29, 1.82) is 0 Å². The predicted octanol–water partition coefficient (Wildman–Crippen LogP) is 8.72. The Labute approximate surface area is 220 Å². The van der Waals surface area contributed by atoms with E-state index >= 15 is 0 Å². The van der Waals surface area contributed by atoms with Crippen LogP contribution >= 0.6 is 0 Å². The number of carbonyl (C=O) groups is 1. The van der Waals surface area contributed by atoms with E-state index in [0.717, 1.165) is 32.1 Å². The zero-order chi connectivity index (χ0) is 26.2. The van der Waals surface area contributed by atoms with Crippen LogP contribution in [0.5, 0.6) is 0 Å². The van der Waals surface area contributed by atoms with Crippen molar-refractivity contribution in [3.05, 3.63) is 0 Å². The van der Waals surface area contributed by atoms with E-state index in [9.17, 15) is 9.90 Å². The third-order valence-corrected chi connectivity index (χ3v) is 9.82. The molecule has 3 nitrogen and oxygen atoms in total. The van der Waals surface area contributed by atoms with Gasteiger partial charge in [0.2, 0.25) is 0 Å². The molecular weight excluding hydrogens is 430 g/mol. The second-order valence-corrected chi connectivity index (χ2v) is 13.2. The van der Waals surface area contributed by atoms with Crippen LogP contribution in [0.3, 0.4) is 0 Å². The van der Waals surface area contributed by atoms with Crippen molar-refractivity contribution in [2.75, 3.05) is 7.05 Å². The number of carbonyl (C=O) groups excluding carboxylic acids is 1. The predicted molar refractivity (Wildman–Crippen MR) is 150 cm³/mol. The minimum absolute atomic E-state index is 0.0271. The third-order valence-electron chi connectivity index (χ3n) is 9.82. The Hall–Kier alpha value is -0.570. The number of hydrogen-bond acceptors (Lipinski definition) is 2. The van der Waals surface area contributed by atoms with Crippen LogP contribution in [0.15, 0.2) is 0 Å². The highest BCUT2D eigenvalue weighted by atomic mass is 16.4. The monoisotopic (exact) mass is 493 g/mol. The second-order valence-electron chi connectivity index (χ2n) is 13.2. The average molecular weight is 494 g/mol. The molecule has 1 rings (SSSR count). The van der Waals surface area contributed by atoms with Crippen molar-refractivity contribution in [2.45, 2.75) is 193 Å². The Bertz CT molecular complexity index is 538. The van der Waals surface area contributed by atoms with Gasteiger partial charge in [0.15, 0.2) is 0 Å². The lowest BCUT2D eigenvalue weighted by Gasteiger charge is -2.63. The molecule has 0 spiro atoms. The van der Waals surface area contributed by atoms with Crippen molar-refractivity contribution in [1.82, 2.24) is 0 Å². The van der Waals surface area contributed by atoms with Gasteiger partial charge in [-0.2, -0.15) is 0 Å². The molecule has 3 heteroatoms. The molecule has 0 bridgehead atoms. The van der Waals surface area contributed by atoms with Crippen molar-refractivity contribution < 1.29 is 14.4 Å². The van der Waals surface area contributed by atoms with Crippen LogP contribution in [-0.2, 0) is 4.79 Å². The molecule has 1 unspecified atom stereocenters. The maximum Gasteiger partial charge on any atom is 0.130 e. The molecule has 0 saturated carbocycles. The fraction of sp³-hybridized carbons (Fsp3) is 0.969. The van der Waals surface area contributed by atoms with Gasteiger partial charge >= 0.3 is 0 Å². The molecule has 1 aliphatic heterocycles. The number of likely N-dealkylation sites (N-methyl/N-ethyl adjacent to an activating group) is 1. The first kappa shape index (κ1) is 32.5. The molecule has 35 heavy (non-hydrogen) atoms. The molecule has 0 aromatic heterocycles. The van der Waals surface area contributed by atoms with Gasteiger partial charge in [-0.15, -0.1) is 0 Å². The summed E-state index contributed by atoms with van der Waals surface area (Å²) in [4.78, 5) is 12.3. The molecule has 1 aliphatic rings. The lowest BCUT2D eigenvalue weighted by atomic mass is 9.74. The van der Waals surface area contributed by atoms with Gasteiger partial charge in [0, 0.05) is 19.3 Å². The molecular formula is C32H63NO2. The second kappa shape index (κ2) is 17.0. The maximum absolute atomic E-state index is 12.3. The van der Waals surface area contributed by atoms with E-state index in [0.29, 0.717) is 4.48 Å².